The topological polar surface area (TPSA) is 112 Å². The zero-order valence-electron chi connectivity index (χ0n) is 25.6. The van der Waals surface area contributed by atoms with Crippen LogP contribution in [0.2, 0.25) is 0 Å². The molecular weight excluding hydrogens is 544 g/mol. The van der Waals surface area contributed by atoms with Gasteiger partial charge in [0.25, 0.3) is 5.91 Å². The van der Waals surface area contributed by atoms with Gasteiger partial charge in [0.1, 0.15) is 24.3 Å². The van der Waals surface area contributed by atoms with E-state index in [1.165, 1.54) is 54.5 Å². The number of hydrogen-bond acceptors (Lipinski definition) is 8. The summed E-state index contributed by atoms with van der Waals surface area (Å²) >= 11 is 1.71. The van der Waals surface area contributed by atoms with Gasteiger partial charge in [-0.3, -0.25) is 9.69 Å². The molecule has 2 saturated carbocycles. The molecule has 10 heteroatoms. The molecule has 2 aromatic heterocycles. The van der Waals surface area contributed by atoms with Crippen molar-refractivity contribution in [2.45, 2.75) is 95.2 Å². The van der Waals surface area contributed by atoms with Gasteiger partial charge < -0.3 is 15.2 Å². The summed E-state index contributed by atoms with van der Waals surface area (Å²) < 4.78 is 1.78. The summed E-state index contributed by atoms with van der Waals surface area (Å²) in [6, 6.07) is 10.7. The number of nitrogens with zero attached hydrogens (tertiary/aromatic N) is 6. The highest BCUT2D eigenvalue weighted by Crippen LogP contribution is 2.40. The molecule has 3 aliphatic rings. The Labute approximate surface area is 254 Å². The van der Waals surface area contributed by atoms with E-state index in [0.717, 1.165) is 23.5 Å². The number of carbonyl (C=O) groups excluding carboxylic acids is 1. The minimum Gasteiger partial charge on any atom is -0.369 e. The molecule has 0 spiro atoms. The molecule has 2 N–H and O–H groups in total. The van der Waals surface area contributed by atoms with E-state index in [1.807, 2.05) is 25.8 Å². The van der Waals surface area contributed by atoms with Gasteiger partial charge in [0, 0.05) is 36.1 Å². The Hall–Kier alpha value is -3.42. The first-order chi connectivity index (χ1) is 20.4. The molecular formula is C32H44N8OS. The van der Waals surface area contributed by atoms with Gasteiger partial charge >= 0.3 is 0 Å². The lowest BCUT2D eigenvalue weighted by Gasteiger charge is -2.39. The van der Waals surface area contributed by atoms with Gasteiger partial charge in [-0.1, -0.05) is 20.3 Å². The Bertz CT molecular complexity index is 1380. The Morgan fingerprint density at radius 2 is 1.86 bits per heavy atom. The molecule has 1 amide bonds. The third-order valence-corrected chi connectivity index (χ3v) is 9.03. The van der Waals surface area contributed by atoms with Crippen molar-refractivity contribution in [1.82, 2.24) is 25.1 Å². The molecule has 1 aromatic carbocycles. The monoisotopic (exact) mass is 588 g/mol. The molecule has 0 radical (unpaired) electrons. The number of thioether (sulfide) groups is 1. The van der Waals surface area contributed by atoms with Gasteiger partial charge in [-0.2, -0.15) is 5.26 Å². The summed E-state index contributed by atoms with van der Waals surface area (Å²) in [6.45, 7) is 8.17. The van der Waals surface area contributed by atoms with Crippen molar-refractivity contribution in [3.8, 4) is 6.07 Å². The van der Waals surface area contributed by atoms with E-state index < -0.39 is 0 Å². The number of carbonyl (C=O) groups is 1. The minimum absolute atomic E-state index is 0.0308. The molecule has 3 heterocycles. The predicted octanol–water partition coefficient (Wildman–Crippen LogP) is 6.43. The van der Waals surface area contributed by atoms with Crippen molar-refractivity contribution in [2.24, 2.45) is 7.05 Å². The number of anilines is 2. The molecule has 9 nitrogen and oxygen atoms in total. The van der Waals surface area contributed by atoms with Gasteiger partial charge in [0.05, 0.1) is 19.0 Å². The highest BCUT2D eigenvalue weighted by atomic mass is 32.2. The van der Waals surface area contributed by atoms with Crippen molar-refractivity contribution in [1.29, 1.82) is 5.26 Å². The van der Waals surface area contributed by atoms with Crippen molar-refractivity contribution >= 4 is 29.3 Å². The summed E-state index contributed by atoms with van der Waals surface area (Å²) in [5.41, 5.74) is 4.54. The molecule has 1 aliphatic heterocycles. The number of pyridine rings is 1. The Kier molecular flexibility index (Phi) is 11.0. The summed E-state index contributed by atoms with van der Waals surface area (Å²) in [5.74, 6) is 2.02. The van der Waals surface area contributed by atoms with Crippen molar-refractivity contribution in [3.63, 3.8) is 0 Å². The normalized spacial score (nSPS) is 16.6. The van der Waals surface area contributed by atoms with Gasteiger partial charge in [0.15, 0.2) is 0 Å². The second-order valence-electron chi connectivity index (χ2n) is 11.2. The summed E-state index contributed by atoms with van der Waals surface area (Å²) in [5, 5.41) is 22.9. The summed E-state index contributed by atoms with van der Waals surface area (Å²) in [6.07, 6.45) is 13.1. The van der Waals surface area contributed by atoms with Crippen LogP contribution in [0.1, 0.15) is 98.7 Å². The lowest BCUT2D eigenvalue weighted by Crippen LogP contribution is -2.47. The second-order valence-corrected chi connectivity index (χ2v) is 12.1. The number of benzene rings is 1. The van der Waals surface area contributed by atoms with Crippen molar-refractivity contribution < 1.29 is 4.79 Å². The van der Waals surface area contributed by atoms with E-state index in [2.05, 4.69) is 64.3 Å². The van der Waals surface area contributed by atoms with Crippen LogP contribution in [-0.2, 0) is 20.1 Å². The zero-order valence-corrected chi connectivity index (χ0v) is 26.4. The van der Waals surface area contributed by atoms with Crippen LogP contribution in [-0.4, -0.2) is 44.0 Å². The number of amides is 1. The minimum atomic E-state index is 0.0308. The molecule has 0 bridgehead atoms. The maximum atomic E-state index is 13.6. The van der Waals surface area contributed by atoms with E-state index >= 15 is 0 Å². The Morgan fingerprint density at radius 3 is 2.40 bits per heavy atom. The van der Waals surface area contributed by atoms with E-state index in [-0.39, 0.29) is 11.4 Å². The lowest BCUT2D eigenvalue weighted by atomic mass is 9.78. The first-order valence-corrected chi connectivity index (χ1v) is 16.3. The number of rotatable bonds is 9. The van der Waals surface area contributed by atoms with E-state index in [4.69, 9.17) is 10.2 Å². The largest absolute Gasteiger partial charge is 0.369 e. The Balaban J connectivity index is 0.000000445. The molecule has 224 valence electrons. The fourth-order valence-electron chi connectivity index (χ4n) is 5.34. The second kappa shape index (κ2) is 14.7. The van der Waals surface area contributed by atoms with Crippen LogP contribution in [0.3, 0.4) is 0 Å². The van der Waals surface area contributed by atoms with Gasteiger partial charge in [0.2, 0.25) is 0 Å². The first-order valence-electron chi connectivity index (χ1n) is 15.1. The maximum Gasteiger partial charge on any atom is 0.260 e. The van der Waals surface area contributed by atoms with Crippen LogP contribution in [0.25, 0.3) is 0 Å². The number of hydrogen-bond donors (Lipinski definition) is 2. The van der Waals surface area contributed by atoms with Crippen LogP contribution in [0.4, 0.5) is 11.6 Å². The van der Waals surface area contributed by atoms with Crippen LogP contribution in [0.15, 0.2) is 41.8 Å². The number of aryl methyl sites for hydroxylation is 1. The number of nitrogens with one attached hydrogen (secondary N) is 2. The maximum absolute atomic E-state index is 13.6. The number of aromatic nitrogens is 4. The third-order valence-electron chi connectivity index (χ3n) is 8.22. The van der Waals surface area contributed by atoms with Crippen LogP contribution >= 0.6 is 11.8 Å². The van der Waals surface area contributed by atoms with E-state index in [9.17, 15) is 4.79 Å². The highest BCUT2D eigenvalue weighted by Gasteiger charge is 2.34. The van der Waals surface area contributed by atoms with Crippen molar-refractivity contribution in [2.75, 3.05) is 23.0 Å². The molecule has 2 aliphatic carbocycles. The van der Waals surface area contributed by atoms with Crippen LogP contribution in [0.5, 0.6) is 0 Å². The Morgan fingerprint density at radius 1 is 1.12 bits per heavy atom. The number of fused-ring (bicyclic) bond motifs is 1. The van der Waals surface area contributed by atoms with Crippen molar-refractivity contribution in [3.05, 3.63) is 59.2 Å². The zero-order chi connectivity index (χ0) is 30.1. The lowest BCUT2D eigenvalue weighted by molar-refractivity contribution is 0.0996. The highest BCUT2D eigenvalue weighted by molar-refractivity contribution is 7.98. The summed E-state index contributed by atoms with van der Waals surface area (Å²) in [4.78, 5) is 21.4. The summed E-state index contributed by atoms with van der Waals surface area (Å²) in [7, 11) is 1.88. The fraction of sp³-hybridized carbons (Fsp3) is 0.531. The van der Waals surface area contributed by atoms with Crippen LogP contribution in [0, 0.1) is 11.3 Å². The quantitative estimate of drug-likeness (QED) is 0.217. The molecule has 6 rings (SSSR count). The van der Waals surface area contributed by atoms with E-state index in [1.54, 1.807) is 29.0 Å². The van der Waals surface area contributed by atoms with Crippen LogP contribution < -0.4 is 15.5 Å². The smallest absolute Gasteiger partial charge is 0.260 e. The molecule has 0 atom stereocenters. The third kappa shape index (κ3) is 7.50. The van der Waals surface area contributed by atoms with Gasteiger partial charge in [-0.25, -0.2) is 4.98 Å². The first kappa shape index (κ1) is 31.5. The molecule has 0 unspecified atom stereocenters. The predicted molar refractivity (Wildman–Crippen MR) is 170 cm³/mol. The molecule has 3 aromatic rings. The molecule has 2 fully saturated rings. The van der Waals surface area contributed by atoms with Gasteiger partial charge in [-0.15, -0.1) is 22.0 Å². The average Bonchev–Trinajstić information content (AvgIpc) is 3.57. The van der Waals surface area contributed by atoms with E-state index in [0.29, 0.717) is 31.2 Å². The van der Waals surface area contributed by atoms with Gasteiger partial charge in [-0.05, 0) is 92.2 Å². The molecule has 42 heavy (non-hydrogen) atoms. The SMILES string of the molecule is CC.CSc1cc(CNC2(C)CCC2)cc2c1CN(c1cc(C3CCC3)cc(NCCC#N)n1)C2=O.Cn1cnnc1. The molecule has 0 saturated heterocycles. The average molecular weight is 589 g/mol. The standard InChI is InChI=1S/C27H33N5OS.C3H5N3.C2H6/c1-27(8-4-9-27)30-16-18-12-21-22(23(13-18)34-2)17-32(26(21)33)25-15-20(19-6-3-7-19)14-24(31-25)29-11-5-10-28;1-6-2-4-5-3-6;1-2/h12-15,19,30H,3-9,11,16-17H2,1-2H3,(H,29,31);2-3H,1H3;1-2H3. The number of nitriles is 1. The fourth-order valence-corrected chi connectivity index (χ4v) is 6.03.